The van der Waals surface area contributed by atoms with Crippen molar-refractivity contribution in [1.29, 1.82) is 0 Å². The van der Waals surface area contributed by atoms with Gasteiger partial charge in [-0.3, -0.25) is 4.79 Å². The maximum atomic E-state index is 11.6. The van der Waals surface area contributed by atoms with Crippen LogP contribution in [0.15, 0.2) is 73.4 Å². The van der Waals surface area contributed by atoms with Gasteiger partial charge in [0.25, 0.3) is 0 Å². The van der Waals surface area contributed by atoms with Crippen LogP contribution in [0.25, 0.3) is 6.08 Å². The molecule has 0 aliphatic rings. The Labute approximate surface area is 96.1 Å². The number of allylic oxidation sites excluding steroid dienone is 5. The Morgan fingerprint density at radius 3 is 2.38 bits per heavy atom. The summed E-state index contributed by atoms with van der Waals surface area (Å²) < 4.78 is 0. The maximum Gasteiger partial charge on any atom is 0.185 e. The minimum atomic E-state index is -0.0954. The second-order valence-corrected chi connectivity index (χ2v) is 3.17. The van der Waals surface area contributed by atoms with Crippen LogP contribution in [-0.4, -0.2) is 5.78 Å². The molecular formula is C15H14O. The molecule has 1 aromatic rings. The quantitative estimate of drug-likeness (QED) is 0.536. The van der Waals surface area contributed by atoms with Crippen molar-refractivity contribution in [2.75, 3.05) is 0 Å². The third-order valence-electron chi connectivity index (χ3n) is 2.00. The number of hydrogen-bond acceptors (Lipinski definition) is 1. The molecule has 0 radical (unpaired) electrons. The molecule has 0 spiro atoms. The van der Waals surface area contributed by atoms with Crippen LogP contribution >= 0.6 is 0 Å². The van der Waals surface area contributed by atoms with Crippen LogP contribution in [0.5, 0.6) is 0 Å². The smallest absolute Gasteiger partial charge is 0.185 e. The van der Waals surface area contributed by atoms with Gasteiger partial charge in [-0.05, 0) is 17.7 Å². The summed E-state index contributed by atoms with van der Waals surface area (Å²) in [6, 6.07) is 9.68. The summed E-state index contributed by atoms with van der Waals surface area (Å²) in [5, 5.41) is 0. The zero-order chi connectivity index (χ0) is 11.8. The molecule has 0 N–H and O–H groups in total. The van der Waals surface area contributed by atoms with E-state index in [1.807, 2.05) is 36.4 Å². The molecule has 0 saturated carbocycles. The van der Waals surface area contributed by atoms with Crippen molar-refractivity contribution in [3.8, 4) is 0 Å². The van der Waals surface area contributed by atoms with Crippen molar-refractivity contribution in [2.45, 2.75) is 0 Å². The summed E-state index contributed by atoms with van der Waals surface area (Å²) in [6.07, 6.45) is 8.22. The Hall–Kier alpha value is -2.15. The summed E-state index contributed by atoms with van der Waals surface area (Å²) in [7, 11) is 0. The predicted molar refractivity (Wildman–Crippen MR) is 69.0 cm³/mol. The van der Waals surface area contributed by atoms with Crippen molar-refractivity contribution < 1.29 is 4.79 Å². The minimum Gasteiger partial charge on any atom is -0.289 e. The number of carbonyl (C=O) groups excluding carboxylic acids is 1. The topological polar surface area (TPSA) is 17.1 Å². The van der Waals surface area contributed by atoms with E-state index in [0.717, 1.165) is 5.56 Å². The summed E-state index contributed by atoms with van der Waals surface area (Å²) in [6.45, 7) is 7.05. The molecule has 0 aliphatic heterocycles. The number of rotatable bonds is 5. The van der Waals surface area contributed by atoms with Gasteiger partial charge in [0, 0.05) is 5.57 Å². The van der Waals surface area contributed by atoms with Crippen molar-refractivity contribution in [3.05, 3.63) is 78.9 Å². The fraction of sp³-hybridized carbons (Fsp3) is 0. The third-order valence-corrected chi connectivity index (χ3v) is 2.00. The normalized spacial score (nSPS) is 11.4. The third kappa shape index (κ3) is 3.54. The summed E-state index contributed by atoms with van der Waals surface area (Å²) in [5.74, 6) is -0.0954. The summed E-state index contributed by atoms with van der Waals surface area (Å²) >= 11 is 0. The molecular weight excluding hydrogens is 196 g/mol. The van der Waals surface area contributed by atoms with E-state index < -0.39 is 0 Å². The summed E-state index contributed by atoms with van der Waals surface area (Å²) in [4.78, 5) is 11.6. The Kier molecular flexibility index (Phi) is 4.74. The lowest BCUT2D eigenvalue weighted by Crippen LogP contribution is -1.94. The van der Waals surface area contributed by atoms with Gasteiger partial charge in [0.05, 0.1) is 0 Å². The van der Waals surface area contributed by atoms with Crippen LogP contribution < -0.4 is 0 Å². The highest BCUT2D eigenvalue weighted by atomic mass is 16.1. The fourth-order valence-corrected chi connectivity index (χ4v) is 1.22. The zero-order valence-corrected chi connectivity index (χ0v) is 9.10. The van der Waals surface area contributed by atoms with Gasteiger partial charge in [0.15, 0.2) is 5.78 Å². The van der Waals surface area contributed by atoms with Crippen LogP contribution in [0.3, 0.4) is 0 Å². The molecule has 0 atom stereocenters. The average Bonchev–Trinajstić information content (AvgIpc) is 2.34. The molecule has 0 fully saturated rings. The summed E-state index contributed by atoms with van der Waals surface area (Å²) in [5.41, 5.74) is 1.59. The van der Waals surface area contributed by atoms with Gasteiger partial charge >= 0.3 is 0 Å². The Bertz CT molecular complexity index is 436. The SMILES string of the molecule is C=CC=CC(=Cc1ccccc1)C(=O)C=C. The number of hydrogen-bond donors (Lipinski definition) is 0. The molecule has 0 saturated heterocycles. The van der Waals surface area contributed by atoms with Crippen molar-refractivity contribution in [2.24, 2.45) is 0 Å². The van der Waals surface area contributed by atoms with Crippen LogP contribution in [0.4, 0.5) is 0 Å². The van der Waals surface area contributed by atoms with Gasteiger partial charge in [-0.15, -0.1) is 0 Å². The Morgan fingerprint density at radius 1 is 1.12 bits per heavy atom. The largest absolute Gasteiger partial charge is 0.289 e. The first-order valence-electron chi connectivity index (χ1n) is 5.00. The second-order valence-electron chi connectivity index (χ2n) is 3.17. The molecule has 0 unspecified atom stereocenters. The van der Waals surface area contributed by atoms with E-state index in [1.165, 1.54) is 6.08 Å². The van der Waals surface area contributed by atoms with Crippen molar-refractivity contribution in [3.63, 3.8) is 0 Å². The standard InChI is InChI=1S/C15H14O/c1-3-5-11-14(15(16)4-2)12-13-9-7-6-8-10-13/h3-12H,1-2H2. The van der Waals surface area contributed by atoms with Crippen molar-refractivity contribution >= 4 is 11.9 Å². The first-order chi connectivity index (χ1) is 7.77. The Balaban J connectivity index is 3.05. The van der Waals surface area contributed by atoms with Gasteiger partial charge < -0.3 is 0 Å². The first kappa shape index (κ1) is 11.9. The van der Waals surface area contributed by atoms with Crippen LogP contribution in [-0.2, 0) is 4.79 Å². The maximum absolute atomic E-state index is 11.6. The molecule has 1 rings (SSSR count). The zero-order valence-electron chi connectivity index (χ0n) is 9.10. The molecule has 0 aromatic heterocycles. The van der Waals surface area contributed by atoms with E-state index in [0.29, 0.717) is 5.57 Å². The molecule has 1 heteroatoms. The highest BCUT2D eigenvalue weighted by molar-refractivity contribution is 6.08. The fourth-order valence-electron chi connectivity index (χ4n) is 1.22. The van der Waals surface area contributed by atoms with E-state index in [2.05, 4.69) is 13.2 Å². The minimum absolute atomic E-state index is 0.0954. The molecule has 80 valence electrons. The van der Waals surface area contributed by atoms with Crippen LogP contribution in [0.1, 0.15) is 5.56 Å². The van der Waals surface area contributed by atoms with E-state index in [-0.39, 0.29) is 5.78 Å². The highest BCUT2D eigenvalue weighted by Crippen LogP contribution is 2.09. The Morgan fingerprint density at radius 2 is 1.81 bits per heavy atom. The number of ketones is 1. The highest BCUT2D eigenvalue weighted by Gasteiger charge is 2.00. The van der Waals surface area contributed by atoms with Crippen LogP contribution in [0, 0.1) is 0 Å². The van der Waals surface area contributed by atoms with E-state index >= 15 is 0 Å². The van der Waals surface area contributed by atoms with Crippen molar-refractivity contribution in [1.82, 2.24) is 0 Å². The molecule has 1 nitrogen and oxygen atoms in total. The van der Waals surface area contributed by atoms with Crippen LogP contribution in [0.2, 0.25) is 0 Å². The van der Waals surface area contributed by atoms with E-state index in [9.17, 15) is 4.79 Å². The second kappa shape index (κ2) is 6.36. The average molecular weight is 210 g/mol. The molecule has 1 aromatic carbocycles. The molecule has 0 aliphatic carbocycles. The van der Waals surface area contributed by atoms with Gasteiger partial charge in [-0.25, -0.2) is 0 Å². The molecule has 0 amide bonds. The first-order valence-corrected chi connectivity index (χ1v) is 5.00. The van der Waals surface area contributed by atoms with Gasteiger partial charge in [0.1, 0.15) is 0 Å². The predicted octanol–water partition coefficient (Wildman–Crippen LogP) is 3.57. The van der Waals surface area contributed by atoms with Gasteiger partial charge in [-0.1, -0.05) is 61.7 Å². The van der Waals surface area contributed by atoms with E-state index in [1.54, 1.807) is 18.2 Å². The van der Waals surface area contributed by atoms with E-state index in [4.69, 9.17) is 0 Å². The molecule has 0 heterocycles. The lowest BCUT2D eigenvalue weighted by molar-refractivity contribution is -0.110. The van der Waals surface area contributed by atoms with Gasteiger partial charge in [-0.2, -0.15) is 0 Å². The number of benzene rings is 1. The lowest BCUT2D eigenvalue weighted by atomic mass is 10.1. The van der Waals surface area contributed by atoms with Gasteiger partial charge in [0.2, 0.25) is 0 Å². The number of carbonyl (C=O) groups is 1. The molecule has 16 heavy (non-hydrogen) atoms. The lowest BCUT2D eigenvalue weighted by Gasteiger charge is -1.97. The monoisotopic (exact) mass is 210 g/mol. The molecule has 0 bridgehead atoms.